The molecule has 1 fully saturated rings. The third-order valence-corrected chi connectivity index (χ3v) is 7.27. The number of aromatic nitrogens is 5. The molecule has 3 aromatic heterocycles. The van der Waals surface area contributed by atoms with Crippen molar-refractivity contribution < 1.29 is 14.6 Å². The second kappa shape index (κ2) is 9.93. The predicted molar refractivity (Wildman–Crippen MR) is 141 cm³/mol. The summed E-state index contributed by atoms with van der Waals surface area (Å²) in [6.45, 7) is 3.16. The summed E-state index contributed by atoms with van der Waals surface area (Å²) in [6.07, 6.45) is 6.10. The Morgan fingerprint density at radius 2 is 2.08 bits per heavy atom. The van der Waals surface area contributed by atoms with Gasteiger partial charge in [0.2, 0.25) is 11.8 Å². The van der Waals surface area contributed by atoms with E-state index in [1.54, 1.807) is 29.9 Å². The first-order chi connectivity index (χ1) is 17.3. The van der Waals surface area contributed by atoms with Gasteiger partial charge in [0.1, 0.15) is 0 Å². The van der Waals surface area contributed by atoms with E-state index in [-0.39, 0.29) is 5.56 Å². The molecule has 188 valence electrons. The average molecular weight is 553 g/mol. The normalized spacial score (nSPS) is 14.3. The number of rotatable bonds is 10. The molecule has 10 heteroatoms. The highest BCUT2D eigenvalue weighted by atomic mass is 79.9. The molecule has 1 aliphatic carbocycles. The molecule has 1 atom stereocenters. The molecule has 0 aliphatic heterocycles. The molecule has 0 bridgehead atoms. The lowest BCUT2D eigenvalue weighted by molar-refractivity contribution is 0.0696. The number of nitrogen functional groups attached to an aromatic ring is 1. The van der Waals surface area contributed by atoms with Gasteiger partial charge in [-0.25, -0.2) is 14.5 Å². The van der Waals surface area contributed by atoms with Crippen molar-refractivity contribution in [2.75, 3.05) is 12.3 Å². The first-order valence-corrected chi connectivity index (χ1v) is 12.9. The zero-order chi connectivity index (χ0) is 25.4. The molecule has 1 aliphatic rings. The number of nitrogens with zero attached hydrogens (tertiary/aromatic N) is 5. The highest BCUT2D eigenvalue weighted by Gasteiger charge is 2.32. The van der Waals surface area contributed by atoms with E-state index in [1.807, 2.05) is 25.2 Å². The minimum absolute atomic E-state index is 0.196. The van der Waals surface area contributed by atoms with Crippen molar-refractivity contribution in [3.8, 4) is 17.1 Å². The fraction of sp³-hybridized carbons (Fsp3) is 0.385. The van der Waals surface area contributed by atoms with Crippen LogP contribution < -0.4 is 10.5 Å². The number of anilines is 1. The summed E-state index contributed by atoms with van der Waals surface area (Å²) in [4.78, 5) is 20.5. The molecule has 36 heavy (non-hydrogen) atoms. The number of imidazole rings is 1. The number of hydrogen-bond acceptors (Lipinski definition) is 6. The highest BCUT2D eigenvalue weighted by Crippen LogP contribution is 2.40. The number of carboxylic acids is 1. The number of pyridine rings is 1. The Morgan fingerprint density at radius 1 is 1.28 bits per heavy atom. The van der Waals surface area contributed by atoms with E-state index >= 15 is 0 Å². The van der Waals surface area contributed by atoms with Crippen LogP contribution in [0.3, 0.4) is 0 Å². The zero-order valence-corrected chi connectivity index (χ0v) is 21.9. The van der Waals surface area contributed by atoms with E-state index in [0.29, 0.717) is 47.2 Å². The number of benzene rings is 1. The molecule has 0 unspecified atom stereocenters. The third-order valence-electron chi connectivity index (χ3n) is 6.78. The fourth-order valence-electron chi connectivity index (χ4n) is 4.78. The van der Waals surface area contributed by atoms with Crippen molar-refractivity contribution in [3.63, 3.8) is 0 Å². The van der Waals surface area contributed by atoms with Gasteiger partial charge in [-0.3, -0.25) is 4.98 Å². The number of aromatic carboxylic acids is 1. The monoisotopic (exact) mass is 552 g/mol. The van der Waals surface area contributed by atoms with Crippen LogP contribution in [0.2, 0.25) is 0 Å². The second-order valence-electron chi connectivity index (χ2n) is 9.48. The molecule has 9 nitrogen and oxygen atoms in total. The number of nitrogens with two attached hydrogens (primary N) is 1. The van der Waals surface area contributed by atoms with Gasteiger partial charge in [0.05, 0.1) is 40.7 Å². The van der Waals surface area contributed by atoms with Gasteiger partial charge in [-0.2, -0.15) is 5.10 Å². The van der Waals surface area contributed by atoms with Gasteiger partial charge < -0.3 is 20.1 Å². The number of ether oxygens (including phenoxy) is 1. The molecule has 3 heterocycles. The Morgan fingerprint density at radius 3 is 2.83 bits per heavy atom. The molecular weight excluding hydrogens is 524 g/mol. The first kappa shape index (κ1) is 24.3. The van der Waals surface area contributed by atoms with Crippen LogP contribution in [-0.4, -0.2) is 42.0 Å². The lowest BCUT2D eigenvalue weighted by atomic mass is 9.98. The van der Waals surface area contributed by atoms with Crippen LogP contribution in [0.1, 0.15) is 41.7 Å². The summed E-state index contributed by atoms with van der Waals surface area (Å²) >= 11 is 3.49. The lowest BCUT2D eigenvalue weighted by Gasteiger charge is -2.18. The van der Waals surface area contributed by atoms with Crippen molar-refractivity contribution in [2.24, 2.45) is 18.9 Å². The summed E-state index contributed by atoms with van der Waals surface area (Å²) < 4.78 is 11.1. The Labute approximate surface area is 217 Å². The van der Waals surface area contributed by atoms with Crippen molar-refractivity contribution in [1.82, 2.24) is 24.3 Å². The number of carboxylic acid groups (broad SMARTS) is 1. The zero-order valence-electron chi connectivity index (χ0n) is 20.3. The average Bonchev–Trinajstić information content (AvgIpc) is 3.54. The molecule has 1 saturated carbocycles. The van der Waals surface area contributed by atoms with Crippen LogP contribution in [0.25, 0.3) is 22.3 Å². The SMILES string of the molecule is Cc1cc(C(=O)O)cc(-c2cnn(C)c2OC[C@@H](CCCn2c(N)nc3cc(Br)ccc32)C2CC2)n1. The standard InChI is InChI=1S/C26H29BrN6O3/c1-15-10-18(25(34)35)11-21(30-15)20-13-29-32(2)24(20)36-14-17(16-5-6-16)4-3-9-33-23-8-7-19(27)12-22(23)31-26(33)28/h7-8,10-13,16-17H,3-6,9,14H2,1-2H3,(H2,28,31)(H,34,35)/t17-/m1/s1. The van der Waals surface area contributed by atoms with E-state index in [9.17, 15) is 9.90 Å². The van der Waals surface area contributed by atoms with Crippen LogP contribution in [0.15, 0.2) is 41.0 Å². The van der Waals surface area contributed by atoms with Crippen molar-refractivity contribution >= 4 is 38.9 Å². The molecular formula is C26H29BrN6O3. The lowest BCUT2D eigenvalue weighted by Crippen LogP contribution is -2.17. The second-order valence-corrected chi connectivity index (χ2v) is 10.4. The summed E-state index contributed by atoms with van der Waals surface area (Å²) in [6, 6.07) is 9.16. The largest absolute Gasteiger partial charge is 0.478 e. The number of halogens is 1. The van der Waals surface area contributed by atoms with Gasteiger partial charge in [0, 0.05) is 23.8 Å². The van der Waals surface area contributed by atoms with E-state index in [1.165, 1.54) is 12.8 Å². The predicted octanol–water partition coefficient (Wildman–Crippen LogP) is 5.07. The van der Waals surface area contributed by atoms with Crippen LogP contribution in [0.4, 0.5) is 5.95 Å². The maximum atomic E-state index is 11.5. The Balaban J connectivity index is 1.27. The van der Waals surface area contributed by atoms with Crippen LogP contribution in [0.5, 0.6) is 5.88 Å². The topological polar surface area (TPSA) is 121 Å². The molecule has 0 radical (unpaired) electrons. The Kier molecular flexibility index (Phi) is 6.70. The molecule has 5 rings (SSSR count). The van der Waals surface area contributed by atoms with Crippen molar-refractivity contribution in [3.05, 3.63) is 52.3 Å². The fourth-order valence-corrected chi connectivity index (χ4v) is 5.13. The molecule has 1 aromatic carbocycles. The molecule has 0 amide bonds. The maximum absolute atomic E-state index is 11.5. The van der Waals surface area contributed by atoms with E-state index < -0.39 is 5.97 Å². The quantitative estimate of drug-likeness (QED) is 0.281. The van der Waals surface area contributed by atoms with E-state index in [4.69, 9.17) is 10.5 Å². The summed E-state index contributed by atoms with van der Waals surface area (Å²) in [7, 11) is 1.82. The van der Waals surface area contributed by atoms with E-state index in [2.05, 4.69) is 35.6 Å². The molecule has 4 aromatic rings. The van der Waals surface area contributed by atoms with Gasteiger partial charge in [-0.1, -0.05) is 15.9 Å². The summed E-state index contributed by atoms with van der Waals surface area (Å²) in [5, 5.41) is 13.8. The number of hydrogen-bond donors (Lipinski definition) is 2. The van der Waals surface area contributed by atoms with Gasteiger partial charge in [-0.15, -0.1) is 0 Å². The smallest absolute Gasteiger partial charge is 0.335 e. The van der Waals surface area contributed by atoms with Crippen molar-refractivity contribution in [1.29, 1.82) is 0 Å². The Hall–Kier alpha value is -3.40. The van der Waals surface area contributed by atoms with Gasteiger partial charge in [0.25, 0.3) is 0 Å². The third kappa shape index (κ3) is 5.09. The molecule has 0 saturated heterocycles. The maximum Gasteiger partial charge on any atom is 0.335 e. The number of aryl methyl sites for hydroxylation is 3. The molecule has 0 spiro atoms. The summed E-state index contributed by atoms with van der Waals surface area (Å²) in [5.41, 5.74) is 10.2. The Bertz CT molecular complexity index is 1420. The first-order valence-electron chi connectivity index (χ1n) is 12.1. The number of carbonyl (C=O) groups is 1. The van der Waals surface area contributed by atoms with Crippen LogP contribution in [-0.2, 0) is 13.6 Å². The minimum atomic E-state index is -0.985. The molecule has 3 N–H and O–H groups in total. The van der Waals surface area contributed by atoms with Crippen molar-refractivity contribution in [2.45, 2.75) is 39.2 Å². The van der Waals surface area contributed by atoms with Crippen LogP contribution in [0, 0.1) is 18.8 Å². The van der Waals surface area contributed by atoms with Crippen LogP contribution >= 0.6 is 15.9 Å². The van der Waals surface area contributed by atoms with Gasteiger partial charge in [-0.05, 0) is 74.8 Å². The minimum Gasteiger partial charge on any atom is -0.478 e. The van der Waals surface area contributed by atoms with Gasteiger partial charge >= 0.3 is 5.97 Å². The van der Waals surface area contributed by atoms with E-state index in [0.717, 1.165) is 34.9 Å². The summed E-state index contributed by atoms with van der Waals surface area (Å²) in [5.74, 6) is 1.22. The highest BCUT2D eigenvalue weighted by molar-refractivity contribution is 9.10. The van der Waals surface area contributed by atoms with Gasteiger partial charge in [0.15, 0.2) is 0 Å². The number of fused-ring (bicyclic) bond motifs is 1.